The number of halogens is 1. The molecule has 6 nitrogen and oxygen atoms in total. The molecule has 1 fully saturated rings. The van der Waals surface area contributed by atoms with Crippen LogP contribution in [0.5, 0.6) is 5.75 Å². The highest BCUT2D eigenvalue weighted by Gasteiger charge is 2.48. The Kier molecular flexibility index (Phi) is 6.50. The summed E-state index contributed by atoms with van der Waals surface area (Å²) < 4.78 is 6.18. The number of rotatable bonds is 6. The minimum Gasteiger partial charge on any atom is -0.497 e. The normalized spacial score (nSPS) is 16.7. The van der Waals surface area contributed by atoms with Gasteiger partial charge in [0, 0.05) is 14.7 Å². The second kappa shape index (κ2) is 8.75. The van der Waals surface area contributed by atoms with E-state index in [1.54, 1.807) is 48.4 Å². The van der Waals surface area contributed by atoms with Crippen molar-refractivity contribution in [1.29, 1.82) is 0 Å². The third kappa shape index (κ3) is 4.21. The zero-order valence-electron chi connectivity index (χ0n) is 17.5. The molecule has 3 amide bonds. The lowest BCUT2D eigenvalue weighted by molar-refractivity contribution is -0.123. The Balaban J connectivity index is 1.98. The van der Waals surface area contributed by atoms with E-state index in [1.807, 2.05) is 32.9 Å². The van der Waals surface area contributed by atoms with Gasteiger partial charge in [0.05, 0.1) is 19.2 Å². The molecule has 7 heteroatoms. The predicted molar refractivity (Wildman–Crippen MR) is 124 cm³/mol. The molecule has 0 saturated carbocycles. The Morgan fingerprint density at radius 2 is 1.73 bits per heavy atom. The van der Waals surface area contributed by atoms with Crippen LogP contribution in [0, 0.1) is 3.57 Å². The largest absolute Gasteiger partial charge is 0.497 e. The van der Waals surface area contributed by atoms with Gasteiger partial charge in [-0.05, 0) is 91.4 Å². The zero-order chi connectivity index (χ0) is 22.1. The number of methoxy groups -OCH3 is 1. The number of nitrogens with zero attached hydrogens (tertiary/aromatic N) is 2. The molecule has 2 aromatic rings. The lowest BCUT2D eigenvalue weighted by Gasteiger charge is -2.41. The van der Waals surface area contributed by atoms with Crippen molar-refractivity contribution < 1.29 is 19.1 Å². The second-order valence-corrected chi connectivity index (χ2v) is 9.08. The molecular formula is C23H25IN2O4. The van der Waals surface area contributed by atoms with Gasteiger partial charge in [-0.3, -0.25) is 14.4 Å². The van der Waals surface area contributed by atoms with Crippen LogP contribution in [-0.4, -0.2) is 41.3 Å². The van der Waals surface area contributed by atoms with E-state index in [2.05, 4.69) is 22.6 Å². The summed E-state index contributed by atoms with van der Waals surface area (Å²) in [5.41, 5.74) is 0.365. The predicted octanol–water partition coefficient (Wildman–Crippen LogP) is 4.26. The highest BCUT2D eigenvalue weighted by Crippen LogP contribution is 2.32. The van der Waals surface area contributed by atoms with E-state index in [4.69, 9.17) is 4.74 Å². The Hall–Kier alpha value is -2.42. The van der Waals surface area contributed by atoms with E-state index in [0.29, 0.717) is 23.4 Å². The van der Waals surface area contributed by atoms with Crippen molar-refractivity contribution in [2.45, 2.75) is 45.2 Å². The first-order chi connectivity index (χ1) is 14.2. The summed E-state index contributed by atoms with van der Waals surface area (Å²) in [7, 11) is 1.56. The number of benzene rings is 2. The summed E-state index contributed by atoms with van der Waals surface area (Å²) in [5, 5.41) is 0. The average Bonchev–Trinajstić information content (AvgIpc) is 3.02. The van der Waals surface area contributed by atoms with E-state index in [-0.39, 0.29) is 24.1 Å². The monoisotopic (exact) mass is 520 g/mol. The van der Waals surface area contributed by atoms with Crippen LogP contribution in [0.25, 0.3) is 0 Å². The highest BCUT2D eigenvalue weighted by atomic mass is 127. The second-order valence-electron chi connectivity index (χ2n) is 7.83. The fourth-order valence-corrected chi connectivity index (χ4v) is 3.92. The lowest BCUT2D eigenvalue weighted by atomic mass is 9.94. The molecule has 1 atom stereocenters. The van der Waals surface area contributed by atoms with Gasteiger partial charge in [0.15, 0.2) is 0 Å². The van der Waals surface area contributed by atoms with Crippen LogP contribution in [-0.2, 0) is 9.59 Å². The molecule has 0 aliphatic carbocycles. The van der Waals surface area contributed by atoms with Gasteiger partial charge in [0.2, 0.25) is 5.91 Å². The Labute approximate surface area is 190 Å². The number of hydrogen-bond donors (Lipinski definition) is 0. The van der Waals surface area contributed by atoms with Crippen LogP contribution < -0.4 is 9.64 Å². The molecule has 30 heavy (non-hydrogen) atoms. The summed E-state index contributed by atoms with van der Waals surface area (Å²) in [6.45, 7) is 5.80. The quantitative estimate of drug-likeness (QED) is 0.422. The van der Waals surface area contributed by atoms with Gasteiger partial charge >= 0.3 is 0 Å². The Morgan fingerprint density at radius 3 is 2.27 bits per heavy atom. The highest BCUT2D eigenvalue weighted by molar-refractivity contribution is 14.1. The number of carbonyl (C=O) groups is 3. The Bertz CT molecular complexity index is 954. The van der Waals surface area contributed by atoms with Gasteiger partial charge in [-0.2, -0.15) is 0 Å². The molecule has 1 saturated heterocycles. The molecule has 0 spiro atoms. The maximum absolute atomic E-state index is 13.5. The van der Waals surface area contributed by atoms with Crippen LogP contribution in [0.4, 0.5) is 5.69 Å². The topological polar surface area (TPSA) is 66.9 Å². The maximum atomic E-state index is 13.5. The molecule has 0 aromatic heterocycles. The summed E-state index contributed by atoms with van der Waals surface area (Å²) in [6.07, 6.45) is 0.604. The van der Waals surface area contributed by atoms with Gasteiger partial charge in [0.1, 0.15) is 11.8 Å². The van der Waals surface area contributed by atoms with Crippen molar-refractivity contribution in [3.05, 3.63) is 57.7 Å². The zero-order valence-corrected chi connectivity index (χ0v) is 19.7. The van der Waals surface area contributed by atoms with Gasteiger partial charge in [-0.1, -0.05) is 6.92 Å². The molecule has 158 valence electrons. The molecule has 3 rings (SSSR count). The number of imide groups is 1. The van der Waals surface area contributed by atoms with Gasteiger partial charge in [-0.25, -0.2) is 4.90 Å². The first-order valence-corrected chi connectivity index (χ1v) is 10.9. The van der Waals surface area contributed by atoms with Crippen LogP contribution in [0.15, 0.2) is 48.5 Å². The smallest absolute Gasteiger partial charge is 0.257 e. The van der Waals surface area contributed by atoms with E-state index in [0.717, 1.165) is 3.57 Å². The van der Waals surface area contributed by atoms with Crippen LogP contribution >= 0.6 is 22.6 Å². The summed E-state index contributed by atoms with van der Waals surface area (Å²) >= 11 is 2.17. The van der Waals surface area contributed by atoms with E-state index < -0.39 is 11.6 Å². The SMILES string of the molecule is CCC(C)(C)N(C(=O)c1ccc(OC)cc1)C1CC(=O)N(c2ccc(I)cc2)C1=O. The summed E-state index contributed by atoms with van der Waals surface area (Å²) in [6, 6.07) is 13.1. The number of anilines is 1. The fourth-order valence-electron chi connectivity index (χ4n) is 3.56. The Morgan fingerprint density at radius 1 is 1.13 bits per heavy atom. The lowest BCUT2D eigenvalue weighted by Crippen LogP contribution is -2.55. The van der Waals surface area contributed by atoms with Crippen LogP contribution in [0.1, 0.15) is 44.0 Å². The van der Waals surface area contributed by atoms with Crippen LogP contribution in [0.3, 0.4) is 0 Å². The maximum Gasteiger partial charge on any atom is 0.257 e. The minimum atomic E-state index is -0.846. The molecule has 0 bridgehead atoms. The van der Waals surface area contributed by atoms with Gasteiger partial charge in [-0.15, -0.1) is 0 Å². The average molecular weight is 520 g/mol. The number of ether oxygens (including phenoxy) is 1. The summed E-state index contributed by atoms with van der Waals surface area (Å²) in [5.74, 6) is -0.305. The van der Waals surface area contributed by atoms with E-state index in [1.165, 1.54) is 4.90 Å². The van der Waals surface area contributed by atoms with Gasteiger partial charge < -0.3 is 9.64 Å². The standard InChI is InChI=1S/C23H25IN2O4/c1-5-23(2,3)26(21(28)15-6-12-18(30-4)13-7-15)19-14-20(27)25(22(19)29)17-10-8-16(24)9-11-17/h6-13,19H,5,14H2,1-4H3. The van der Waals surface area contributed by atoms with E-state index >= 15 is 0 Å². The molecule has 1 aliphatic heterocycles. The minimum absolute atomic E-state index is 0.0316. The number of carbonyl (C=O) groups excluding carboxylic acids is 3. The molecule has 0 N–H and O–H groups in total. The van der Waals surface area contributed by atoms with Crippen molar-refractivity contribution >= 4 is 46.0 Å². The molecule has 2 aromatic carbocycles. The third-order valence-corrected chi connectivity index (χ3v) is 6.31. The van der Waals surface area contributed by atoms with E-state index in [9.17, 15) is 14.4 Å². The number of amides is 3. The summed E-state index contributed by atoms with van der Waals surface area (Å²) in [4.78, 5) is 42.4. The van der Waals surface area contributed by atoms with Gasteiger partial charge in [0.25, 0.3) is 11.8 Å². The van der Waals surface area contributed by atoms with Crippen molar-refractivity contribution in [3.8, 4) is 5.75 Å². The first kappa shape index (κ1) is 22.3. The van der Waals surface area contributed by atoms with Crippen molar-refractivity contribution in [3.63, 3.8) is 0 Å². The van der Waals surface area contributed by atoms with Crippen molar-refractivity contribution in [2.24, 2.45) is 0 Å². The first-order valence-electron chi connectivity index (χ1n) is 9.79. The molecule has 0 radical (unpaired) electrons. The number of hydrogen-bond acceptors (Lipinski definition) is 4. The van der Waals surface area contributed by atoms with Crippen molar-refractivity contribution in [2.75, 3.05) is 12.0 Å². The molecule has 1 aliphatic rings. The fraction of sp³-hybridized carbons (Fsp3) is 0.348. The molecule has 1 heterocycles. The van der Waals surface area contributed by atoms with Crippen LogP contribution in [0.2, 0.25) is 0 Å². The van der Waals surface area contributed by atoms with Crippen molar-refractivity contribution in [1.82, 2.24) is 4.90 Å². The molecular weight excluding hydrogens is 495 g/mol. The third-order valence-electron chi connectivity index (χ3n) is 5.59. The molecule has 1 unspecified atom stereocenters.